The number of hydrogen-bond acceptors (Lipinski definition) is 20. The van der Waals surface area contributed by atoms with E-state index >= 15 is 0 Å². The Hall–Kier alpha value is -5.93. The number of aliphatic hydroxyl groups excluding tert-OH is 1. The zero-order valence-electron chi connectivity index (χ0n) is 45.2. The number of aliphatic hydroxyl groups is 1. The van der Waals surface area contributed by atoms with Crippen molar-refractivity contribution < 1.29 is 43.2 Å². The lowest BCUT2D eigenvalue weighted by atomic mass is 9.87. The molecule has 426 valence electrons. The molecule has 18 N–H and O–H groups in total. The first-order valence-corrected chi connectivity index (χ1v) is 27.0. The number of aromatic nitrogens is 1. The van der Waals surface area contributed by atoms with Crippen LogP contribution in [0.3, 0.4) is 0 Å². The van der Waals surface area contributed by atoms with E-state index in [0.29, 0.717) is 37.6 Å². The quantitative estimate of drug-likeness (QED) is 0.0357. The van der Waals surface area contributed by atoms with Crippen molar-refractivity contribution in [1.29, 1.82) is 0 Å². The number of hydrogen-bond donors (Lipinski definition) is 13. The van der Waals surface area contributed by atoms with E-state index < -0.39 is 29.5 Å². The van der Waals surface area contributed by atoms with Crippen LogP contribution in [0.4, 0.5) is 24.3 Å². The molecule has 0 aliphatic heterocycles. The summed E-state index contributed by atoms with van der Waals surface area (Å²) in [6.07, 6.45) is 6.46. The van der Waals surface area contributed by atoms with Gasteiger partial charge in [0.2, 0.25) is 0 Å². The molecule has 0 atom stereocenters. The van der Waals surface area contributed by atoms with Crippen LogP contribution in [0.5, 0.6) is 0 Å². The fourth-order valence-electron chi connectivity index (χ4n) is 7.99. The van der Waals surface area contributed by atoms with E-state index in [-0.39, 0.29) is 55.1 Å². The number of hydrazine groups is 4. The summed E-state index contributed by atoms with van der Waals surface area (Å²) < 4.78 is 21.5. The highest BCUT2D eigenvalue weighted by Crippen LogP contribution is 2.30. The first-order valence-electron chi connectivity index (χ1n) is 26.2. The van der Waals surface area contributed by atoms with Gasteiger partial charge in [0.05, 0.1) is 22.4 Å². The van der Waals surface area contributed by atoms with E-state index in [2.05, 4.69) is 48.7 Å². The minimum absolute atomic E-state index is 0.0415. The number of benzene rings is 3. The number of rotatable bonds is 13. The number of anilines is 1. The minimum atomic E-state index is -0.499. The summed E-state index contributed by atoms with van der Waals surface area (Å²) >= 11 is 1.71. The predicted octanol–water partition coefficient (Wildman–Crippen LogP) is 5.14. The summed E-state index contributed by atoms with van der Waals surface area (Å²) in [4.78, 5) is 49.9. The number of para-hydroxylation sites is 1. The van der Waals surface area contributed by atoms with Gasteiger partial charge in [-0.05, 0) is 129 Å². The third-order valence-electron chi connectivity index (χ3n) is 12.7. The van der Waals surface area contributed by atoms with Gasteiger partial charge >= 0.3 is 24.4 Å². The Kier molecular flexibility index (Phi) is 24.3. The SMILES string of the molecule is CC(C)(C)OC(=O)N(N)C1CC(N)C1.CC(C)(C)OC(=O)NNC1CC(N)C1.NNC1CC(NC(=O)OCc2ccccc2)C1.NNC1CC(Nc2nc3ccccc3s2)C1.O=C(NC1CC(O)C1)OCc1ccccc1. The molecule has 9 rings (SSSR count). The zero-order valence-corrected chi connectivity index (χ0v) is 46.1. The normalized spacial score (nSPS) is 24.6. The van der Waals surface area contributed by atoms with Crippen LogP contribution in [0.15, 0.2) is 84.9 Å². The maximum atomic E-state index is 11.4. The summed E-state index contributed by atoms with van der Waals surface area (Å²) in [6.45, 7) is 11.5. The lowest BCUT2D eigenvalue weighted by Crippen LogP contribution is -2.56. The minimum Gasteiger partial charge on any atom is -0.445 e. The third-order valence-corrected chi connectivity index (χ3v) is 13.6. The van der Waals surface area contributed by atoms with Crippen LogP contribution in [-0.4, -0.2) is 111 Å². The van der Waals surface area contributed by atoms with Crippen molar-refractivity contribution >= 4 is 51.1 Å². The van der Waals surface area contributed by atoms with E-state index in [1.807, 2.05) is 120 Å². The van der Waals surface area contributed by atoms with Gasteiger partial charge in [-0.3, -0.25) is 28.0 Å². The number of carbonyl (C=O) groups is 4. The first-order chi connectivity index (χ1) is 36.5. The van der Waals surface area contributed by atoms with Crippen molar-refractivity contribution in [3.05, 3.63) is 96.1 Å². The number of alkyl carbamates (subject to hydrolysis) is 2. The lowest BCUT2D eigenvalue weighted by Gasteiger charge is -2.38. The number of thiazole rings is 1. The molecule has 0 bridgehead atoms. The van der Waals surface area contributed by atoms with Crippen molar-refractivity contribution in [2.75, 3.05) is 5.32 Å². The van der Waals surface area contributed by atoms with Gasteiger partial charge in [-0.2, -0.15) is 0 Å². The molecule has 3 aromatic carbocycles. The molecular formula is C53H84N14O9S. The maximum Gasteiger partial charge on any atom is 0.424 e. The van der Waals surface area contributed by atoms with E-state index in [0.717, 1.165) is 78.2 Å². The number of carbonyl (C=O) groups excluding carboxylic acids is 4. The summed E-state index contributed by atoms with van der Waals surface area (Å²) in [5, 5.41) is 20.1. The average molecular weight is 1090 g/mol. The predicted molar refractivity (Wildman–Crippen MR) is 297 cm³/mol. The van der Waals surface area contributed by atoms with Crippen molar-refractivity contribution in [2.45, 2.75) is 191 Å². The van der Waals surface area contributed by atoms with Crippen molar-refractivity contribution in [2.24, 2.45) is 29.0 Å². The second kappa shape index (κ2) is 30.3. The Labute approximate surface area is 456 Å². The summed E-state index contributed by atoms with van der Waals surface area (Å²) in [5.74, 6) is 16.2. The largest absolute Gasteiger partial charge is 0.445 e. The topological polar surface area (TPSA) is 356 Å². The number of ether oxygens (including phenoxy) is 4. The fraction of sp³-hybridized carbons (Fsp3) is 0.566. The Morgan fingerprint density at radius 1 is 0.610 bits per heavy atom. The monoisotopic (exact) mass is 1090 g/mol. The molecule has 77 heavy (non-hydrogen) atoms. The number of nitrogens with one attached hydrogen (secondary N) is 7. The number of nitrogens with two attached hydrogens (primary N) is 5. The van der Waals surface area contributed by atoms with Crippen LogP contribution in [0, 0.1) is 0 Å². The molecule has 0 saturated heterocycles. The molecule has 4 amide bonds. The van der Waals surface area contributed by atoms with Crippen molar-refractivity contribution in [1.82, 2.24) is 42.3 Å². The number of nitrogens with zero attached hydrogens (tertiary/aromatic N) is 2. The molecule has 23 nitrogen and oxygen atoms in total. The van der Waals surface area contributed by atoms with E-state index in [1.54, 1.807) is 11.3 Å². The van der Waals surface area contributed by atoms with Gasteiger partial charge in [-0.15, -0.1) is 0 Å². The summed E-state index contributed by atoms with van der Waals surface area (Å²) in [5.41, 5.74) is 24.1. The maximum absolute atomic E-state index is 11.4. The van der Waals surface area contributed by atoms with E-state index in [1.165, 1.54) is 4.70 Å². The van der Waals surface area contributed by atoms with Gasteiger partial charge in [-0.1, -0.05) is 84.1 Å². The van der Waals surface area contributed by atoms with Crippen molar-refractivity contribution in [3.8, 4) is 0 Å². The average Bonchev–Trinajstić information content (AvgIpc) is 3.75. The molecule has 5 saturated carbocycles. The second-order valence-electron chi connectivity index (χ2n) is 21.9. The standard InChI is InChI=1S/C12H17N3O2.C12H15NO3.C11H14N4S.2C9H19N3O2/c13-15-11-6-10(7-11)14-12(16)17-8-9-4-2-1-3-5-9;14-11-6-10(7-11)13-12(15)16-8-9-4-2-1-3-5-9;12-15-8-5-7(6-8)13-11-14-9-3-1-2-4-10(9)16-11;1-9(2,3)14-8(13)12(11)7-4-6(10)5-7;1-9(2,3)14-8(13)12-11-7-4-6(10)5-7/h1-5,10-11,15H,6-8,13H2,(H,14,16);1-5,10-11,14H,6-8H2,(H,13,15);1-4,7-8,15H,5-6,12H2,(H,13,14);6-7H,4-5,10-11H2,1-3H3;6-7,11H,4-5,10H2,1-3H3,(H,12,13). The molecule has 0 unspecified atom stereocenters. The molecule has 0 spiro atoms. The van der Waals surface area contributed by atoms with E-state index in [9.17, 15) is 19.2 Å². The lowest BCUT2D eigenvalue weighted by molar-refractivity contribution is 0.00425. The molecule has 5 aliphatic carbocycles. The van der Waals surface area contributed by atoms with Gasteiger partial charge < -0.3 is 51.5 Å². The van der Waals surface area contributed by atoms with Crippen LogP contribution < -0.4 is 66.6 Å². The summed E-state index contributed by atoms with van der Waals surface area (Å²) in [6, 6.07) is 29.7. The molecule has 4 aromatic rings. The fourth-order valence-corrected chi connectivity index (χ4v) is 8.93. The van der Waals surface area contributed by atoms with Crippen LogP contribution in [-0.2, 0) is 32.2 Å². The molecular weight excluding hydrogens is 1010 g/mol. The van der Waals surface area contributed by atoms with Gasteiger partial charge in [0.15, 0.2) is 5.13 Å². The highest BCUT2D eigenvalue weighted by Gasteiger charge is 2.35. The Morgan fingerprint density at radius 2 is 1.08 bits per heavy atom. The molecule has 5 aliphatic rings. The molecule has 5 fully saturated rings. The summed E-state index contributed by atoms with van der Waals surface area (Å²) in [7, 11) is 0. The smallest absolute Gasteiger partial charge is 0.424 e. The van der Waals surface area contributed by atoms with Crippen molar-refractivity contribution in [3.63, 3.8) is 0 Å². The highest BCUT2D eigenvalue weighted by atomic mass is 32.1. The Balaban J connectivity index is 0.000000178. The first kappa shape index (κ1) is 61.9. The van der Waals surface area contributed by atoms with Crippen LogP contribution >= 0.6 is 11.3 Å². The highest BCUT2D eigenvalue weighted by molar-refractivity contribution is 7.22. The Bertz CT molecular complexity index is 2350. The number of fused-ring (bicyclic) bond motifs is 1. The van der Waals surface area contributed by atoms with Gasteiger partial charge in [0, 0.05) is 48.3 Å². The van der Waals surface area contributed by atoms with Gasteiger partial charge in [-0.25, -0.2) is 40.4 Å². The van der Waals surface area contributed by atoms with Crippen LogP contribution in [0.2, 0.25) is 0 Å². The van der Waals surface area contributed by atoms with Crippen LogP contribution in [0.1, 0.15) is 117 Å². The third kappa shape index (κ3) is 23.3. The zero-order chi connectivity index (χ0) is 56.1. The molecule has 1 aromatic heterocycles. The molecule has 1 heterocycles. The van der Waals surface area contributed by atoms with Crippen LogP contribution in [0.25, 0.3) is 10.2 Å². The number of amides is 4. The second-order valence-corrected chi connectivity index (χ2v) is 22.9. The molecule has 0 radical (unpaired) electrons. The molecule has 24 heteroatoms. The van der Waals surface area contributed by atoms with Gasteiger partial charge in [0.1, 0.15) is 24.4 Å². The Morgan fingerprint density at radius 3 is 1.53 bits per heavy atom. The van der Waals surface area contributed by atoms with Gasteiger partial charge in [0.25, 0.3) is 0 Å². The van der Waals surface area contributed by atoms with E-state index in [4.69, 9.17) is 53.0 Å².